The Kier molecular flexibility index (Phi) is 5.74. The molecule has 8 nitrogen and oxygen atoms in total. The molecule has 1 fully saturated rings. The molecular weight excluding hydrogens is 470 g/mol. The number of ether oxygens (including phenoxy) is 2. The minimum absolute atomic E-state index is 0.0133. The van der Waals surface area contributed by atoms with Gasteiger partial charge in [-0.05, 0) is 55.2 Å². The molecule has 1 saturated heterocycles. The van der Waals surface area contributed by atoms with Crippen molar-refractivity contribution < 1.29 is 27.1 Å². The maximum absolute atomic E-state index is 13.0. The van der Waals surface area contributed by atoms with Gasteiger partial charge < -0.3 is 13.9 Å². The van der Waals surface area contributed by atoms with Crippen LogP contribution in [0.25, 0.3) is 11.0 Å². The molecule has 0 atom stereocenters. The van der Waals surface area contributed by atoms with Gasteiger partial charge in [0.05, 0.1) is 23.8 Å². The third-order valence-electron chi connectivity index (χ3n) is 5.91. The lowest BCUT2D eigenvalue weighted by molar-refractivity contribution is 0.0727. The molecule has 0 bridgehead atoms. The van der Waals surface area contributed by atoms with Crippen LogP contribution in [-0.4, -0.2) is 45.0 Å². The second kappa shape index (κ2) is 8.57. The lowest BCUT2D eigenvalue weighted by atomic mass is 10.1. The first-order valence-corrected chi connectivity index (χ1v) is 12.3. The molecule has 0 saturated carbocycles. The van der Waals surface area contributed by atoms with Crippen LogP contribution < -0.4 is 10.4 Å². The first-order chi connectivity index (χ1) is 15.8. The summed E-state index contributed by atoms with van der Waals surface area (Å²) >= 11 is 6.16. The third kappa shape index (κ3) is 4.06. The van der Waals surface area contributed by atoms with Crippen LogP contribution in [-0.2, 0) is 27.6 Å². The highest BCUT2D eigenvalue weighted by atomic mass is 35.5. The number of hydrogen-bond donors (Lipinski definition) is 0. The number of aryl methyl sites for hydroxylation is 1. The number of morpholine rings is 1. The molecule has 0 spiro atoms. The summed E-state index contributed by atoms with van der Waals surface area (Å²) < 4.78 is 43.4. The number of hydrogen-bond acceptors (Lipinski definition) is 7. The molecule has 33 heavy (non-hydrogen) atoms. The van der Waals surface area contributed by atoms with Crippen LogP contribution in [0.5, 0.6) is 5.75 Å². The van der Waals surface area contributed by atoms with Crippen LogP contribution >= 0.6 is 11.6 Å². The van der Waals surface area contributed by atoms with Crippen LogP contribution in [0.4, 0.5) is 0 Å². The SMILES string of the molecule is O=C(Oc1ccc2c3c(c(=O)oc2c1)CCC3)c1ccc(Cl)c(S(=O)(=O)N2CCOCC2)c1. The summed E-state index contributed by atoms with van der Waals surface area (Å²) in [4.78, 5) is 24.8. The number of esters is 1. The van der Waals surface area contributed by atoms with Crippen LogP contribution in [0.3, 0.4) is 0 Å². The van der Waals surface area contributed by atoms with Gasteiger partial charge in [-0.2, -0.15) is 4.31 Å². The Morgan fingerprint density at radius 3 is 2.58 bits per heavy atom. The fourth-order valence-electron chi connectivity index (χ4n) is 4.25. The normalized spacial score (nSPS) is 16.6. The number of halogens is 1. The van der Waals surface area contributed by atoms with E-state index in [0.717, 1.165) is 23.8 Å². The predicted octanol–water partition coefficient (Wildman–Crippen LogP) is 3.18. The van der Waals surface area contributed by atoms with Crippen LogP contribution in [0, 0.1) is 0 Å². The molecule has 1 aromatic heterocycles. The van der Waals surface area contributed by atoms with Gasteiger partial charge in [-0.1, -0.05) is 11.6 Å². The number of fused-ring (bicyclic) bond motifs is 3. The quantitative estimate of drug-likeness (QED) is 0.315. The Balaban J connectivity index is 1.43. The molecule has 5 rings (SSSR count). The Bertz CT molecular complexity index is 1420. The van der Waals surface area contributed by atoms with Gasteiger partial charge in [0.2, 0.25) is 10.0 Å². The van der Waals surface area contributed by atoms with Crippen LogP contribution in [0.2, 0.25) is 5.02 Å². The Labute approximate surface area is 194 Å². The van der Waals surface area contributed by atoms with Crippen molar-refractivity contribution in [1.29, 1.82) is 0 Å². The average Bonchev–Trinajstić information content (AvgIpc) is 3.31. The van der Waals surface area contributed by atoms with Crippen molar-refractivity contribution in [3.63, 3.8) is 0 Å². The highest BCUT2D eigenvalue weighted by Crippen LogP contribution is 2.31. The van der Waals surface area contributed by atoms with Crippen LogP contribution in [0.1, 0.15) is 27.9 Å². The van der Waals surface area contributed by atoms with E-state index in [1.807, 2.05) is 0 Å². The Hall–Kier alpha value is -2.72. The first-order valence-electron chi connectivity index (χ1n) is 10.5. The number of nitrogens with zero attached hydrogens (tertiary/aromatic N) is 1. The molecule has 1 aliphatic heterocycles. The summed E-state index contributed by atoms with van der Waals surface area (Å²) in [6, 6.07) is 8.85. The molecule has 1 aliphatic carbocycles. The fraction of sp³-hybridized carbons (Fsp3) is 0.304. The van der Waals surface area contributed by atoms with E-state index < -0.39 is 16.0 Å². The average molecular weight is 490 g/mol. The van der Waals surface area contributed by atoms with Crippen molar-refractivity contribution in [2.24, 2.45) is 0 Å². The summed E-state index contributed by atoms with van der Waals surface area (Å²) in [6.45, 7) is 0.998. The predicted molar refractivity (Wildman–Crippen MR) is 120 cm³/mol. The molecule has 0 N–H and O–H groups in total. The van der Waals surface area contributed by atoms with E-state index in [1.54, 1.807) is 12.1 Å². The van der Waals surface area contributed by atoms with E-state index in [1.165, 1.54) is 28.6 Å². The van der Waals surface area contributed by atoms with Gasteiger partial charge in [-0.25, -0.2) is 18.0 Å². The number of benzene rings is 2. The zero-order chi connectivity index (χ0) is 23.2. The topological polar surface area (TPSA) is 103 Å². The minimum Gasteiger partial charge on any atom is -0.423 e. The third-order valence-corrected chi connectivity index (χ3v) is 8.29. The Morgan fingerprint density at radius 1 is 1.03 bits per heavy atom. The maximum Gasteiger partial charge on any atom is 0.343 e. The molecule has 0 unspecified atom stereocenters. The van der Waals surface area contributed by atoms with Gasteiger partial charge in [-0.3, -0.25) is 0 Å². The molecule has 3 aromatic rings. The summed E-state index contributed by atoms with van der Waals surface area (Å²) in [6.07, 6.45) is 2.42. The van der Waals surface area contributed by atoms with E-state index in [0.29, 0.717) is 30.8 Å². The monoisotopic (exact) mass is 489 g/mol. The van der Waals surface area contributed by atoms with E-state index in [2.05, 4.69) is 0 Å². The molecule has 10 heteroatoms. The molecule has 2 aliphatic rings. The maximum atomic E-state index is 13.0. The van der Waals surface area contributed by atoms with Gasteiger partial charge in [0.15, 0.2) is 0 Å². The van der Waals surface area contributed by atoms with Gasteiger partial charge in [0, 0.05) is 30.1 Å². The van der Waals surface area contributed by atoms with Crippen LogP contribution in [0.15, 0.2) is 50.5 Å². The second-order valence-corrected chi connectivity index (χ2v) is 10.2. The number of carbonyl (C=O) groups is 1. The van der Waals surface area contributed by atoms with Crippen molar-refractivity contribution in [2.75, 3.05) is 26.3 Å². The lowest BCUT2D eigenvalue weighted by Crippen LogP contribution is -2.40. The summed E-state index contributed by atoms with van der Waals surface area (Å²) in [5, 5.41) is 0.840. The summed E-state index contributed by atoms with van der Waals surface area (Å²) in [5.41, 5.74) is 1.70. The second-order valence-electron chi connectivity index (χ2n) is 7.91. The van der Waals surface area contributed by atoms with Crippen molar-refractivity contribution in [3.05, 3.63) is 68.5 Å². The molecule has 2 heterocycles. The highest BCUT2D eigenvalue weighted by Gasteiger charge is 2.29. The number of rotatable bonds is 4. The van der Waals surface area contributed by atoms with Gasteiger partial charge in [0.1, 0.15) is 16.2 Å². The molecular formula is C23H20ClNO7S. The van der Waals surface area contributed by atoms with Gasteiger partial charge in [-0.15, -0.1) is 0 Å². The summed E-state index contributed by atoms with van der Waals surface area (Å²) in [7, 11) is -3.90. The smallest absolute Gasteiger partial charge is 0.343 e. The first kappa shape index (κ1) is 22.1. The highest BCUT2D eigenvalue weighted by molar-refractivity contribution is 7.89. The van der Waals surface area contributed by atoms with E-state index >= 15 is 0 Å². The summed E-state index contributed by atoms with van der Waals surface area (Å²) in [5.74, 6) is -0.575. The minimum atomic E-state index is -3.90. The van der Waals surface area contributed by atoms with E-state index in [4.69, 9.17) is 25.5 Å². The molecule has 2 aromatic carbocycles. The van der Waals surface area contributed by atoms with Crippen molar-refractivity contribution >= 4 is 38.6 Å². The van der Waals surface area contributed by atoms with Gasteiger partial charge in [0.25, 0.3) is 0 Å². The largest absolute Gasteiger partial charge is 0.423 e. The zero-order valence-corrected chi connectivity index (χ0v) is 19.1. The molecule has 172 valence electrons. The standard InChI is InChI=1S/C23H20ClNO7S/c24-19-7-4-14(12-21(19)33(28,29)25-8-10-30-11-9-25)22(26)31-15-5-6-17-16-2-1-3-18(16)23(27)32-20(17)13-15/h4-7,12-13H,1-3,8-11H2. The van der Waals surface area contributed by atoms with Crippen molar-refractivity contribution in [1.82, 2.24) is 4.31 Å². The van der Waals surface area contributed by atoms with Crippen molar-refractivity contribution in [3.8, 4) is 5.75 Å². The Morgan fingerprint density at radius 2 is 1.79 bits per heavy atom. The van der Waals surface area contributed by atoms with E-state index in [-0.39, 0.29) is 39.9 Å². The zero-order valence-electron chi connectivity index (χ0n) is 17.5. The lowest BCUT2D eigenvalue weighted by Gasteiger charge is -2.26. The number of sulfonamides is 1. The van der Waals surface area contributed by atoms with Crippen molar-refractivity contribution in [2.45, 2.75) is 24.2 Å². The molecule has 0 radical (unpaired) electrons. The number of carbonyl (C=O) groups excluding carboxylic acids is 1. The molecule has 0 amide bonds. The van der Waals surface area contributed by atoms with Gasteiger partial charge >= 0.3 is 11.6 Å². The fourth-order valence-corrected chi connectivity index (χ4v) is 6.16. The van der Waals surface area contributed by atoms with E-state index in [9.17, 15) is 18.0 Å².